The Labute approximate surface area is 71.8 Å². The van der Waals surface area contributed by atoms with Gasteiger partial charge in [0.05, 0.1) is 0 Å². The zero-order valence-electron chi connectivity index (χ0n) is 7.27. The second-order valence-electron chi connectivity index (χ2n) is 3.49. The molecule has 0 aromatic carbocycles. The van der Waals surface area contributed by atoms with Crippen LogP contribution < -0.4 is 5.73 Å². The first-order valence-corrected chi connectivity index (χ1v) is 4.44. The van der Waals surface area contributed by atoms with Crippen LogP contribution in [0, 0.1) is 11.8 Å². The van der Waals surface area contributed by atoms with Gasteiger partial charge in [0.1, 0.15) is 6.33 Å². The number of rotatable bonds is 3. The van der Waals surface area contributed by atoms with E-state index in [1.165, 1.54) is 12.8 Å². The van der Waals surface area contributed by atoms with Gasteiger partial charge >= 0.3 is 0 Å². The van der Waals surface area contributed by atoms with Gasteiger partial charge in [-0.15, -0.1) is 5.10 Å². The molecule has 2 N–H and O–H groups in total. The highest BCUT2D eigenvalue weighted by Gasteiger charge is 2.35. The van der Waals surface area contributed by atoms with Crippen LogP contribution in [0.25, 0.3) is 0 Å². The van der Waals surface area contributed by atoms with E-state index >= 15 is 0 Å². The molecule has 0 bridgehead atoms. The molecular formula is C8H14N4. The Morgan fingerprint density at radius 1 is 1.67 bits per heavy atom. The molecule has 1 aromatic rings. The minimum atomic E-state index is 0.378. The second-order valence-corrected chi connectivity index (χ2v) is 3.49. The van der Waals surface area contributed by atoms with E-state index in [4.69, 9.17) is 5.73 Å². The van der Waals surface area contributed by atoms with E-state index in [-0.39, 0.29) is 0 Å². The third-order valence-electron chi connectivity index (χ3n) is 2.57. The molecule has 0 saturated heterocycles. The Morgan fingerprint density at radius 3 is 3.00 bits per heavy atom. The summed E-state index contributed by atoms with van der Waals surface area (Å²) >= 11 is 0. The van der Waals surface area contributed by atoms with Crippen molar-refractivity contribution in [2.45, 2.75) is 26.3 Å². The van der Waals surface area contributed by atoms with Gasteiger partial charge in [-0.2, -0.15) is 0 Å². The van der Waals surface area contributed by atoms with E-state index < -0.39 is 0 Å². The molecule has 1 aliphatic carbocycles. The fourth-order valence-corrected chi connectivity index (χ4v) is 1.67. The molecule has 0 spiro atoms. The van der Waals surface area contributed by atoms with Gasteiger partial charge in [-0.1, -0.05) is 13.3 Å². The van der Waals surface area contributed by atoms with Crippen molar-refractivity contribution in [3.05, 3.63) is 6.33 Å². The van der Waals surface area contributed by atoms with Crippen LogP contribution in [-0.4, -0.2) is 14.8 Å². The van der Waals surface area contributed by atoms with Crippen LogP contribution >= 0.6 is 0 Å². The van der Waals surface area contributed by atoms with E-state index in [9.17, 15) is 0 Å². The van der Waals surface area contributed by atoms with Gasteiger partial charge in [0.15, 0.2) is 0 Å². The van der Waals surface area contributed by atoms with Crippen LogP contribution in [0.5, 0.6) is 0 Å². The molecule has 12 heavy (non-hydrogen) atoms. The minimum Gasteiger partial charge on any atom is -0.367 e. The van der Waals surface area contributed by atoms with Crippen LogP contribution in [0.3, 0.4) is 0 Å². The maximum atomic E-state index is 5.40. The molecule has 66 valence electrons. The Kier molecular flexibility index (Phi) is 1.75. The van der Waals surface area contributed by atoms with Gasteiger partial charge in [-0.25, -0.2) is 4.98 Å². The van der Waals surface area contributed by atoms with Crippen molar-refractivity contribution in [2.24, 2.45) is 11.8 Å². The normalized spacial score (nSPS) is 27.4. The molecular weight excluding hydrogens is 152 g/mol. The van der Waals surface area contributed by atoms with Crippen molar-refractivity contribution in [3.63, 3.8) is 0 Å². The monoisotopic (exact) mass is 166 g/mol. The zero-order valence-corrected chi connectivity index (χ0v) is 7.27. The average molecular weight is 166 g/mol. The Morgan fingerprint density at radius 2 is 2.50 bits per heavy atom. The number of hydrogen-bond donors (Lipinski definition) is 1. The second kappa shape index (κ2) is 2.77. The summed E-state index contributed by atoms with van der Waals surface area (Å²) < 4.78 is 1.84. The van der Waals surface area contributed by atoms with Crippen LogP contribution in [0.4, 0.5) is 5.95 Å². The van der Waals surface area contributed by atoms with Crippen LogP contribution in [0.2, 0.25) is 0 Å². The molecule has 4 heteroatoms. The lowest BCUT2D eigenvalue weighted by Crippen LogP contribution is -2.02. The molecule has 1 fully saturated rings. The summed E-state index contributed by atoms with van der Waals surface area (Å²) in [4.78, 5) is 3.88. The summed E-state index contributed by atoms with van der Waals surface area (Å²) in [6.45, 7) is 3.23. The topological polar surface area (TPSA) is 56.7 Å². The van der Waals surface area contributed by atoms with Gasteiger partial charge in [-0.05, 0) is 18.3 Å². The highest BCUT2D eigenvalue weighted by molar-refractivity contribution is 5.09. The van der Waals surface area contributed by atoms with Gasteiger partial charge < -0.3 is 5.73 Å². The van der Waals surface area contributed by atoms with Crippen molar-refractivity contribution in [2.75, 3.05) is 5.73 Å². The van der Waals surface area contributed by atoms with Crippen LogP contribution in [0.15, 0.2) is 6.33 Å². The SMILES string of the molecule is CC[C@@H]1C[C@H]1Cn1cnc(N)n1. The van der Waals surface area contributed by atoms with E-state index in [2.05, 4.69) is 17.0 Å². The van der Waals surface area contributed by atoms with Crippen molar-refractivity contribution in [1.82, 2.24) is 14.8 Å². The first-order chi connectivity index (χ1) is 5.79. The number of nitrogen functional groups attached to an aromatic ring is 1. The van der Waals surface area contributed by atoms with Gasteiger partial charge in [0.2, 0.25) is 5.95 Å². The van der Waals surface area contributed by atoms with Crippen molar-refractivity contribution >= 4 is 5.95 Å². The van der Waals surface area contributed by atoms with Crippen LogP contribution in [-0.2, 0) is 6.54 Å². The fraction of sp³-hybridized carbons (Fsp3) is 0.750. The Bertz CT molecular complexity index is 268. The quantitative estimate of drug-likeness (QED) is 0.726. The Hall–Kier alpha value is -1.06. The van der Waals surface area contributed by atoms with Gasteiger partial charge in [0.25, 0.3) is 0 Å². The Balaban J connectivity index is 1.89. The standard InChI is InChI=1S/C8H14N4/c1-2-6-3-7(6)4-12-5-10-8(9)11-12/h5-7H,2-4H2,1H3,(H2,9,11)/t6-,7+/m1/s1. The van der Waals surface area contributed by atoms with E-state index in [0.29, 0.717) is 5.95 Å². The number of anilines is 1. The number of aromatic nitrogens is 3. The molecule has 1 aliphatic rings. The number of nitrogens with zero attached hydrogens (tertiary/aromatic N) is 3. The predicted octanol–water partition coefficient (Wildman–Crippen LogP) is 0.906. The maximum absolute atomic E-state index is 5.40. The summed E-state index contributed by atoms with van der Waals surface area (Å²) in [5, 5.41) is 4.04. The van der Waals surface area contributed by atoms with Gasteiger partial charge in [-0.3, -0.25) is 4.68 Å². The van der Waals surface area contributed by atoms with Crippen molar-refractivity contribution < 1.29 is 0 Å². The molecule has 4 nitrogen and oxygen atoms in total. The zero-order chi connectivity index (χ0) is 8.55. The average Bonchev–Trinajstić information content (AvgIpc) is 2.67. The van der Waals surface area contributed by atoms with Gasteiger partial charge in [0, 0.05) is 6.54 Å². The highest BCUT2D eigenvalue weighted by Crippen LogP contribution is 2.41. The smallest absolute Gasteiger partial charge is 0.239 e. The number of nitrogens with two attached hydrogens (primary N) is 1. The maximum Gasteiger partial charge on any atom is 0.239 e. The fourth-order valence-electron chi connectivity index (χ4n) is 1.67. The lowest BCUT2D eigenvalue weighted by atomic mass is 10.2. The molecule has 2 rings (SSSR count). The first-order valence-electron chi connectivity index (χ1n) is 4.44. The molecule has 0 amide bonds. The lowest BCUT2D eigenvalue weighted by molar-refractivity contribution is 0.525. The van der Waals surface area contributed by atoms with E-state index in [1.54, 1.807) is 6.33 Å². The van der Waals surface area contributed by atoms with Crippen molar-refractivity contribution in [3.8, 4) is 0 Å². The molecule has 1 heterocycles. The molecule has 2 atom stereocenters. The largest absolute Gasteiger partial charge is 0.367 e. The third-order valence-corrected chi connectivity index (χ3v) is 2.57. The van der Waals surface area contributed by atoms with Crippen LogP contribution in [0.1, 0.15) is 19.8 Å². The molecule has 1 saturated carbocycles. The summed E-state index contributed by atoms with van der Waals surface area (Å²) in [6.07, 6.45) is 4.34. The lowest BCUT2D eigenvalue weighted by Gasteiger charge is -1.96. The summed E-state index contributed by atoms with van der Waals surface area (Å²) in [6, 6.07) is 0. The first kappa shape index (κ1) is 7.58. The van der Waals surface area contributed by atoms with E-state index in [0.717, 1.165) is 18.4 Å². The summed E-state index contributed by atoms with van der Waals surface area (Å²) in [5.41, 5.74) is 5.40. The van der Waals surface area contributed by atoms with Crippen molar-refractivity contribution in [1.29, 1.82) is 0 Å². The molecule has 1 aromatic heterocycles. The molecule has 0 unspecified atom stereocenters. The third kappa shape index (κ3) is 1.42. The highest BCUT2D eigenvalue weighted by atomic mass is 15.4. The summed E-state index contributed by atoms with van der Waals surface area (Å²) in [5.74, 6) is 2.11. The predicted molar refractivity (Wildman–Crippen MR) is 46.3 cm³/mol. The number of hydrogen-bond acceptors (Lipinski definition) is 3. The molecule has 0 radical (unpaired) electrons. The van der Waals surface area contributed by atoms with E-state index in [1.807, 2.05) is 4.68 Å². The molecule has 0 aliphatic heterocycles. The summed E-state index contributed by atoms with van der Waals surface area (Å²) in [7, 11) is 0. The minimum absolute atomic E-state index is 0.378.